The Morgan fingerprint density at radius 2 is 1.54 bits per heavy atom. The average molecular weight is 324 g/mol. The van der Waals surface area contributed by atoms with Crippen molar-refractivity contribution in [2.45, 2.75) is 26.6 Å². The molecule has 0 amide bonds. The zero-order chi connectivity index (χ0) is 16.6. The number of hydrogen-bond acceptors (Lipinski definition) is 4. The monoisotopic (exact) mass is 324 g/mol. The second-order valence-corrected chi connectivity index (χ2v) is 6.49. The summed E-state index contributed by atoms with van der Waals surface area (Å²) in [7, 11) is 0. The molecule has 24 heavy (non-hydrogen) atoms. The van der Waals surface area contributed by atoms with Crippen molar-refractivity contribution < 1.29 is 0 Å². The fourth-order valence-corrected chi connectivity index (χ4v) is 3.14. The van der Waals surface area contributed by atoms with E-state index < -0.39 is 0 Å². The molecule has 4 heteroatoms. The molecular weight excluding hydrogens is 296 g/mol. The minimum absolute atomic E-state index is 0.858. The topological polar surface area (TPSA) is 31.4 Å². The number of rotatable bonds is 7. The van der Waals surface area contributed by atoms with Gasteiger partial charge in [0.1, 0.15) is 0 Å². The number of pyridine rings is 1. The maximum absolute atomic E-state index is 4.14. The summed E-state index contributed by atoms with van der Waals surface area (Å²) in [6.45, 7) is 11.0. The number of benzene rings is 1. The van der Waals surface area contributed by atoms with Crippen molar-refractivity contribution in [1.29, 1.82) is 0 Å². The van der Waals surface area contributed by atoms with Crippen LogP contribution in [0.1, 0.15) is 23.6 Å². The first-order valence-electron chi connectivity index (χ1n) is 8.95. The maximum atomic E-state index is 4.14. The van der Waals surface area contributed by atoms with Gasteiger partial charge in [0.25, 0.3) is 0 Å². The molecule has 1 aromatic heterocycles. The summed E-state index contributed by atoms with van der Waals surface area (Å²) in [4.78, 5) is 9.22. The Labute approximate surface area is 145 Å². The van der Waals surface area contributed by atoms with Crippen LogP contribution in [0.15, 0.2) is 48.8 Å². The Morgan fingerprint density at radius 1 is 0.875 bits per heavy atom. The molecule has 0 bridgehead atoms. The van der Waals surface area contributed by atoms with Crippen molar-refractivity contribution in [3.05, 3.63) is 65.5 Å². The number of piperazine rings is 1. The molecule has 1 fully saturated rings. The maximum Gasteiger partial charge on any atom is 0.0312 e. The van der Waals surface area contributed by atoms with Crippen molar-refractivity contribution in [2.24, 2.45) is 0 Å². The van der Waals surface area contributed by atoms with Crippen molar-refractivity contribution >= 4 is 0 Å². The zero-order valence-electron chi connectivity index (χ0n) is 14.6. The van der Waals surface area contributed by atoms with Crippen LogP contribution in [0.25, 0.3) is 0 Å². The van der Waals surface area contributed by atoms with E-state index in [1.165, 1.54) is 49.4 Å². The van der Waals surface area contributed by atoms with E-state index in [0.29, 0.717) is 0 Å². The van der Waals surface area contributed by atoms with Gasteiger partial charge in [0.05, 0.1) is 0 Å². The van der Waals surface area contributed by atoms with E-state index in [4.69, 9.17) is 0 Å². The van der Waals surface area contributed by atoms with Crippen LogP contribution in [0.5, 0.6) is 0 Å². The van der Waals surface area contributed by atoms with Gasteiger partial charge in [-0.25, -0.2) is 0 Å². The number of aromatic nitrogens is 1. The van der Waals surface area contributed by atoms with E-state index in [0.717, 1.165) is 19.6 Å². The Bertz CT molecular complexity index is 589. The normalized spacial score (nSPS) is 16.4. The first-order valence-corrected chi connectivity index (χ1v) is 8.95. The lowest BCUT2D eigenvalue weighted by molar-refractivity contribution is 0.132. The molecule has 3 rings (SSSR count). The Hall–Kier alpha value is -1.75. The van der Waals surface area contributed by atoms with Gasteiger partial charge in [-0.3, -0.25) is 9.88 Å². The summed E-state index contributed by atoms with van der Waals surface area (Å²) in [5.41, 5.74) is 3.97. The molecule has 1 saturated heterocycles. The smallest absolute Gasteiger partial charge is 0.0312 e. The molecule has 0 radical (unpaired) electrons. The Morgan fingerprint density at radius 3 is 2.21 bits per heavy atom. The summed E-state index contributed by atoms with van der Waals surface area (Å²) < 4.78 is 0. The van der Waals surface area contributed by atoms with Crippen LogP contribution in [0, 0.1) is 0 Å². The molecule has 0 spiro atoms. The van der Waals surface area contributed by atoms with Gasteiger partial charge in [0.2, 0.25) is 0 Å². The largest absolute Gasteiger partial charge is 0.309 e. The fraction of sp³-hybridized carbons (Fsp3) is 0.450. The quantitative estimate of drug-likeness (QED) is 0.848. The molecule has 0 unspecified atom stereocenters. The highest BCUT2D eigenvalue weighted by molar-refractivity contribution is 5.22. The molecular formula is C20H28N4. The van der Waals surface area contributed by atoms with Gasteiger partial charge >= 0.3 is 0 Å². The SMILES string of the molecule is CCN1CCN(Cc2ccc(CNCc3cccnc3)cc2)CC1. The first-order chi connectivity index (χ1) is 11.8. The number of nitrogens with zero attached hydrogens (tertiary/aromatic N) is 3. The predicted octanol–water partition coefficient (Wildman–Crippen LogP) is 2.51. The van der Waals surface area contributed by atoms with Crippen LogP contribution in [0.3, 0.4) is 0 Å². The molecule has 4 nitrogen and oxygen atoms in total. The molecule has 2 aromatic rings. The molecule has 1 aliphatic rings. The van der Waals surface area contributed by atoms with E-state index >= 15 is 0 Å². The van der Waals surface area contributed by atoms with Crippen molar-refractivity contribution in [3.63, 3.8) is 0 Å². The number of nitrogens with one attached hydrogen (secondary N) is 1. The Balaban J connectivity index is 1.42. The highest BCUT2D eigenvalue weighted by Gasteiger charge is 2.15. The average Bonchev–Trinajstić information content (AvgIpc) is 2.65. The van der Waals surface area contributed by atoms with Gasteiger partial charge in [0.15, 0.2) is 0 Å². The second-order valence-electron chi connectivity index (χ2n) is 6.49. The summed E-state index contributed by atoms with van der Waals surface area (Å²) in [6, 6.07) is 13.1. The van der Waals surface area contributed by atoms with Gasteiger partial charge in [0, 0.05) is 58.2 Å². The van der Waals surface area contributed by atoms with Crippen molar-refractivity contribution in [3.8, 4) is 0 Å². The molecule has 1 aliphatic heterocycles. The second kappa shape index (κ2) is 8.92. The molecule has 128 valence electrons. The third-order valence-electron chi connectivity index (χ3n) is 4.72. The third kappa shape index (κ3) is 5.13. The molecule has 1 aromatic carbocycles. The highest BCUT2D eigenvalue weighted by Crippen LogP contribution is 2.10. The van der Waals surface area contributed by atoms with Gasteiger partial charge < -0.3 is 10.2 Å². The third-order valence-corrected chi connectivity index (χ3v) is 4.72. The molecule has 0 aliphatic carbocycles. The van der Waals surface area contributed by atoms with Crippen LogP contribution in [0.4, 0.5) is 0 Å². The van der Waals surface area contributed by atoms with Crippen molar-refractivity contribution in [2.75, 3.05) is 32.7 Å². The zero-order valence-corrected chi connectivity index (χ0v) is 14.6. The van der Waals surface area contributed by atoms with E-state index in [1.54, 1.807) is 0 Å². The van der Waals surface area contributed by atoms with Crippen LogP contribution in [-0.4, -0.2) is 47.5 Å². The molecule has 0 saturated carbocycles. The molecule has 0 atom stereocenters. The van der Waals surface area contributed by atoms with Crippen LogP contribution >= 0.6 is 0 Å². The lowest BCUT2D eigenvalue weighted by Crippen LogP contribution is -2.45. The summed E-state index contributed by atoms with van der Waals surface area (Å²) in [5, 5.41) is 3.47. The summed E-state index contributed by atoms with van der Waals surface area (Å²) in [6.07, 6.45) is 3.72. The minimum atomic E-state index is 0.858. The van der Waals surface area contributed by atoms with Gasteiger partial charge in [-0.05, 0) is 29.3 Å². The fourth-order valence-electron chi connectivity index (χ4n) is 3.14. The first kappa shape index (κ1) is 17.1. The standard InChI is InChI=1S/C20H28N4/c1-2-23-10-12-24(13-11-23)17-19-7-5-18(6-8-19)14-22-16-20-4-3-9-21-15-20/h3-9,15,22H,2,10-14,16-17H2,1H3. The lowest BCUT2D eigenvalue weighted by atomic mass is 10.1. The number of hydrogen-bond donors (Lipinski definition) is 1. The Kier molecular flexibility index (Phi) is 6.35. The minimum Gasteiger partial charge on any atom is -0.309 e. The summed E-state index contributed by atoms with van der Waals surface area (Å²) in [5.74, 6) is 0. The lowest BCUT2D eigenvalue weighted by Gasteiger charge is -2.34. The van der Waals surface area contributed by atoms with E-state index in [-0.39, 0.29) is 0 Å². The van der Waals surface area contributed by atoms with E-state index in [1.807, 2.05) is 18.5 Å². The molecule has 1 N–H and O–H groups in total. The van der Waals surface area contributed by atoms with E-state index in [9.17, 15) is 0 Å². The van der Waals surface area contributed by atoms with Gasteiger partial charge in [-0.1, -0.05) is 37.3 Å². The van der Waals surface area contributed by atoms with Gasteiger partial charge in [-0.15, -0.1) is 0 Å². The van der Waals surface area contributed by atoms with Crippen molar-refractivity contribution in [1.82, 2.24) is 20.1 Å². The van der Waals surface area contributed by atoms with Crippen LogP contribution in [0.2, 0.25) is 0 Å². The van der Waals surface area contributed by atoms with Crippen LogP contribution < -0.4 is 5.32 Å². The van der Waals surface area contributed by atoms with E-state index in [2.05, 4.69) is 57.4 Å². The highest BCUT2D eigenvalue weighted by atomic mass is 15.3. The van der Waals surface area contributed by atoms with Crippen LogP contribution in [-0.2, 0) is 19.6 Å². The number of likely N-dealkylation sites (N-methyl/N-ethyl adjacent to an activating group) is 1. The predicted molar refractivity (Wildman–Crippen MR) is 98.6 cm³/mol. The summed E-state index contributed by atoms with van der Waals surface area (Å²) >= 11 is 0. The molecule has 2 heterocycles. The van der Waals surface area contributed by atoms with Gasteiger partial charge in [-0.2, -0.15) is 0 Å².